The van der Waals surface area contributed by atoms with Gasteiger partial charge in [-0.3, -0.25) is 14.6 Å². The highest BCUT2D eigenvalue weighted by Gasteiger charge is 2.12. The van der Waals surface area contributed by atoms with Crippen molar-refractivity contribution in [1.29, 1.82) is 0 Å². The van der Waals surface area contributed by atoms with Gasteiger partial charge in [-0.05, 0) is 24.3 Å². The van der Waals surface area contributed by atoms with E-state index in [1.165, 1.54) is 10.6 Å². The Morgan fingerprint density at radius 3 is 2.77 bits per heavy atom. The number of hydrogen-bond acceptors (Lipinski definition) is 4. The average Bonchev–Trinajstić information content (AvgIpc) is 2.91. The lowest BCUT2D eigenvalue weighted by atomic mass is 10.2. The maximum absolute atomic E-state index is 12.3. The summed E-state index contributed by atoms with van der Waals surface area (Å²) in [5.41, 5.74) is 0.126. The van der Waals surface area contributed by atoms with Gasteiger partial charge in [0.2, 0.25) is 5.78 Å². The molecule has 8 heteroatoms. The Hall–Kier alpha value is -2.48. The highest BCUT2D eigenvalue weighted by molar-refractivity contribution is 9.10. The molecule has 0 saturated heterocycles. The van der Waals surface area contributed by atoms with Crippen molar-refractivity contribution in [2.45, 2.75) is 13.3 Å². The summed E-state index contributed by atoms with van der Waals surface area (Å²) in [7, 11) is 0. The molecule has 112 valence electrons. The molecule has 0 fully saturated rings. The summed E-state index contributed by atoms with van der Waals surface area (Å²) in [6.07, 6.45) is 0.629. The maximum Gasteiger partial charge on any atom is 0.256 e. The Kier molecular flexibility index (Phi) is 3.76. The van der Waals surface area contributed by atoms with Crippen LogP contribution in [-0.4, -0.2) is 25.5 Å². The van der Waals surface area contributed by atoms with E-state index in [1.807, 2.05) is 6.92 Å². The summed E-state index contributed by atoms with van der Waals surface area (Å²) >= 11 is 3.31. The number of amides is 1. The lowest BCUT2D eigenvalue weighted by Gasteiger charge is -2.06. The molecule has 0 aliphatic carbocycles. The van der Waals surface area contributed by atoms with E-state index in [0.29, 0.717) is 23.6 Å². The Morgan fingerprint density at radius 2 is 2.09 bits per heavy atom. The van der Waals surface area contributed by atoms with Crippen molar-refractivity contribution in [3.05, 3.63) is 56.5 Å². The number of carbonyl (C=O) groups is 1. The number of nitrogens with one attached hydrogen (secondary N) is 2. The second-order valence-corrected chi connectivity index (χ2v) is 5.51. The average molecular weight is 362 g/mol. The van der Waals surface area contributed by atoms with Crippen LogP contribution in [0.25, 0.3) is 5.78 Å². The van der Waals surface area contributed by atoms with Gasteiger partial charge in [0.1, 0.15) is 5.82 Å². The van der Waals surface area contributed by atoms with Crippen molar-refractivity contribution < 1.29 is 4.79 Å². The van der Waals surface area contributed by atoms with Gasteiger partial charge in [0.25, 0.3) is 11.5 Å². The van der Waals surface area contributed by atoms with E-state index in [9.17, 15) is 9.59 Å². The molecular formula is C14H12BrN5O2. The van der Waals surface area contributed by atoms with Gasteiger partial charge in [-0.25, -0.2) is 0 Å². The summed E-state index contributed by atoms with van der Waals surface area (Å²) in [6.45, 7) is 1.91. The van der Waals surface area contributed by atoms with Crippen LogP contribution in [0.1, 0.15) is 23.1 Å². The Morgan fingerprint density at radius 1 is 1.36 bits per heavy atom. The number of nitrogens with zero attached hydrogens (tertiary/aromatic N) is 3. The minimum atomic E-state index is -0.353. The summed E-state index contributed by atoms with van der Waals surface area (Å²) in [6, 6.07) is 8.18. The monoisotopic (exact) mass is 361 g/mol. The van der Waals surface area contributed by atoms with Crippen LogP contribution < -0.4 is 10.9 Å². The number of hydrogen-bond donors (Lipinski definition) is 2. The molecule has 7 nitrogen and oxygen atoms in total. The Labute approximate surface area is 133 Å². The van der Waals surface area contributed by atoms with Crippen molar-refractivity contribution in [3.63, 3.8) is 0 Å². The van der Waals surface area contributed by atoms with Crippen LogP contribution in [0.5, 0.6) is 0 Å². The highest BCUT2D eigenvalue weighted by Crippen LogP contribution is 2.13. The number of aryl methyl sites for hydroxylation is 1. The van der Waals surface area contributed by atoms with Crippen LogP contribution in [0.2, 0.25) is 0 Å². The molecule has 0 aliphatic heterocycles. The van der Waals surface area contributed by atoms with Gasteiger partial charge in [0.05, 0.1) is 0 Å². The molecule has 0 radical (unpaired) electrons. The van der Waals surface area contributed by atoms with E-state index in [-0.39, 0.29) is 17.3 Å². The first-order valence-corrected chi connectivity index (χ1v) is 7.42. The van der Waals surface area contributed by atoms with Crippen LogP contribution in [-0.2, 0) is 6.42 Å². The third kappa shape index (κ3) is 2.77. The Bertz CT molecular complexity index is 898. The molecule has 0 bridgehead atoms. The third-order valence-electron chi connectivity index (χ3n) is 3.05. The number of carbonyl (C=O) groups excluding carboxylic acids is 1. The minimum absolute atomic E-state index is 0.277. The van der Waals surface area contributed by atoms with E-state index in [0.717, 1.165) is 4.47 Å². The number of anilines is 1. The van der Waals surface area contributed by atoms with Gasteiger partial charge in [-0.2, -0.15) is 9.50 Å². The van der Waals surface area contributed by atoms with Crippen molar-refractivity contribution in [2.24, 2.45) is 0 Å². The molecule has 1 aromatic carbocycles. The van der Waals surface area contributed by atoms with Gasteiger partial charge in [0.15, 0.2) is 5.82 Å². The normalized spacial score (nSPS) is 10.8. The van der Waals surface area contributed by atoms with E-state index in [4.69, 9.17) is 0 Å². The molecule has 22 heavy (non-hydrogen) atoms. The fourth-order valence-corrected chi connectivity index (χ4v) is 2.23. The number of fused-ring (bicyclic) bond motifs is 1. The number of H-pyrrole nitrogens is 1. The van der Waals surface area contributed by atoms with Gasteiger partial charge in [0, 0.05) is 22.5 Å². The number of rotatable bonds is 3. The first kappa shape index (κ1) is 14.5. The molecule has 0 atom stereocenters. The zero-order chi connectivity index (χ0) is 15.7. The van der Waals surface area contributed by atoms with Crippen LogP contribution >= 0.6 is 15.9 Å². The van der Waals surface area contributed by atoms with Gasteiger partial charge >= 0.3 is 0 Å². The molecule has 0 saturated carbocycles. The van der Waals surface area contributed by atoms with Crippen molar-refractivity contribution in [3.8, 4) is 0 Å². The second-order valence-electron chi connectivity index (χ2n) is 4.60. The second kappa shape index (κ2) is 5.72. The molecule has 0 aliphatic rings. The van der Waals surface area contributed by atoms with Crippen molar-refractivity contribution >= 4 is 33.4 Å². The largest absolute Gasteiger partial charge is 0.306 e. The van der Waals surface area contributed by atoms with Crippen LogP contribution in [0.15, 0.2) is 39.6 Å². The summed E-state index contributed by atoms with van der Waals surface area (Å²) < 4.78 is 2.29. The molecule has 2 heterocycles. The van der Waals surface area contributed by atoms with Crippen LogP contribution in [0.3, 0.4) is 0 Å². The zero-order valence-electron chi connectivity index (χ0n) is 11.6. The zero-order valence-corrected chi connectivity index (χ0v) is 13.2. The fourth-order valence-electron chi connectivity index (χ4n) is 1.96. The fraction of sp³-hybridized carbons (Fsp3) is 0.143. The van der Waals surface area contributed by atoms with E-state index < -0.39 is 0 Å². The Balaban J connectivity index is 1.99. The van der Waals surface area contributed by atoms with Crippen LogP contribution in [0, 0.1) is 0 Å². The molecule has 1 amide bonds. The van der Waals surface area contributed by atoms with Gasteiger partial charge < -0.3 is 5.32 Å². The third-order valence-corrected chi connectivity index (χ3v) is 3.57. The molecular weight excluding hydrogens is 350 g/mol. The minimum Gasteiger partial charge on any atom is -0.306 e. The molecule has 0 spiro atoms. The highest BCUT2D eigenvalue weighted by atomic mass is 79.9. The summed E-state index contributed by atoms with van der Waals surface area (Å²) in [5, 5.41) is 6.93. The molecule has 3 aromatic rings. The van der Waals surface area contributed by atoms with E-state index in [2.05, 4.69) is 36.3 Å². The number of benzene rings is 1. The topological polar surface area (TPSA) is 92.1 Å². The van der Waals surface area contributed by atoms with Crippen molar-refractivity contribution in [2.75, 3.05) is 5.32 Å². The lowest BCUT2D eigenvalue weighted by Crippen LogP contribution is -2.18. The SMILES string of the molecule is CCc1nc2[nH]c(=O)cc(NC(=O)c3ccc(Br)cc3)n2n1. The van der Waals surface area contributed by atoms with Crippen LogP contribution in [0.4, 0.5) is 5.82 Å². The smallest absolute Gasteiger partial charge is 0.256 e. The predicted octanol–water partition coefficient (Wildman–Crippen LogP) is 1.99. The predicted molar refractivity (Wildman–Crippen MR) is 85.1 cm³/mol. The molecule has 2 N–H and O–H groups in total. The van der Waals surface area contributed by atoms with E-state index >= 15 is 0 Å². The first-order valence-electron chi connectivity index (χ1n) is 6.62. The standard InChI is InChI=1S/C14H12BrN5O2/c1-2-10-16-14-18-12(21)7-11(20(14)19-10)17-13(22)8-3-5-9(15)6-4-8/h3-7H,2H2,1H3,(H,17,22)(H,16,18,19,21). The molecule has 0 unspecified atom stereocenters. The number of aromatic amines is 1. The first-order chi connectivity index (χ1) is 10.6. The quantitative estimate of drug-likeness (QED) is 0.746. The lowest BCUT2D eigenvalue weighted by molar-refractivity contribution is 0.102. The molecule has 3 rings (SSSR count). The summed E-state index contributed by atoms with van der Waals surface area (Å²) in [5.74, 6) is 0.836. The molecule has 2 aromatic heterocycles. The van der Waals surface area contributed by atoms with Gasteiger partial charge in [-0.15, -0.1) is 5.10 Å². The van der Waals surface area contributed by atoms with E-state index in [1.54, 1.807) is 24.3 Å². The van der Waals surface area contributed by atoms with Crippen molar-refractivity contribution in [1.82, 2.24) is 19.6 Å². The number of halogens is 1. The summed E-state index contributed by atoms with van der Waals surface area (Å²) in [4.78, 5) is 30.7. The maximum atomic E-state index is 12.3. The van der Waals surface area contributed by atoms with Gasteiger partial charge in [-0.1, -0.05) is 22.9 Å². The number of aromatic nitrogens is 4.